The van der Waals surface area contributed by atoms with Gasteiger partial charge in [-0.2, -0.15) is 0 Å². The van der Waals surface area contributed by atoms with Crippen LogP contribution < -0.4 is 11.1 Å². The molecule has 1 aromatic carbocycles. The second-order valence-electron chi connectivity index (χ2n) is 4.98. The van der Waals surface area contributed by atoms with E-state index in [-0.39, 0.29) is 11.6 Å². The third-order valence-electron chi connectivity index (χ3n) is 3.43. The van der Waals surface area contributed by atoms with Crippen molar-refractivity contribution in [3.05, 3.63) is 28.0 Å². The molecule has 1 amide bonds. The number of rotatable bonds is 7. The number of hydrogen-bond acceptors (Lipinski definition) is 2. The van der Waals surface area contributed by atoms with Gasteiger partial charge >= 0.3 is 0 Å². The van der Waals surface area contributed by atoms with Crippen molar-refractivity contribution < 1.29 is 9.18 Å². The lowest BCUT2D eigenvalue weighted by Gasteiger charge is -2.16. The van der Waals surface area contributed by atoms with Gasteiger partial charge in [-0.15, -0.1) is 0 Å². The van der Waals surface area contributed by atoms with Gasteiger partial charge in [0.15, 0.2) is 0 Å². The van der Waals surface area contributed by atoms with Crippen molar-refractivity contribution in [2.45, 2.75) is 39.5 Å². The Bertz CT molecular complexity index is 465. The highest BCUT2D eigenvalue weighted by Crippen LogP contribution is 2.23. The minimum absolute atomic E-state index is 0.0172. The average molecular weight is 345 g/mol. The highest BCUT2D eigenvalue weighted by atomic mass is 79.9. The summed E-state index contributed by atoms with van der Waals surface area (Å²) in [6.07, 6.45) is 4.47. The summed E-state index contributed by atoms with van der Waals surface area (Å²) in [5.41, 5.74) is 5.85. The van der Waals surface area contributed by atoms with Crippen molar-refractivity contribution in [2.24, 2.45) is 5.92 Å². The zero-order valence-electron chi connectivity index (χ0n) is 12.0. The van der Waals surface area contributed by atoms with Crippen LogP contribution in [0.25, 0.3) is 0 Å². The van der Waals surface area contributed by atoms with Crippen LogP contribution in [0.4, 0.5) is 10.1 Å². The first-order valence-electron chi connectivity index (χ1n) is 7.02. The Kier molecular flexibility index (Phi) is 6.99. The molecule has 0 radical (unpaired) electrons. The van der Waals surface area contributed by atoms with Crippen LogP contribution in [0, 0.1) is 11.7 Å². The van der Waals surface area contributed by atoms with Gasteiger partial charge < -0.3 is 11.1 Å². The van der Waals surface area contributed by atoms with E-state index < -0.39 is 5.82 Å². The van der Waals surface area contributed by atoms with Crippen molar-refractivity contribution in [2.75, 3.05) is 12.3 Å². The molecule has 1 aromatic rings. The van der Waals surface area contributed by atoms with Crippen molar-refractivity contribution in [1.82, 2.24) is 5.32 Å². The van der Waals surface area contributed by atoms with Crippen LogP contribution in [-0.4, -0.2) is 12.5 Å². The summed E-state index contributed by atoms with van der Waals surface area (Å²) in [4.78, 5) is 12.1. The Hall–Kier alpha value is -1.10. The van der Waals surface area contributed by atoms with Gasteiger partial charge in [-0.05, 0) is 40.4 Å². The maximum absolute atomic E-state index is 13.2. The topological polar surface area (TPSA) is 55.1 Å². The molecule has 0 spiro atoms. The first-order chi connectivity index (χ1) is 9.49. The molecule has 0 aliphatic rings. The number of carbonyl (C=O) groups is 1. The number of nitrogens with one attached hydrogen (secondary N) is 1. The maximum Gasteiger partial charge on any atom is 0.252 e. The van der Waals surface area contributed by atoms with Gasteiger partial charge in [0, 0.05) is 11.0 Å². The summed E-state index contributed by atoms with van der Waals surface area (Å²) >= 11 is 3.19. The zero-order chi connectivity index (χ0) is 15.1. The number of nitrogen functional groups attached to an aromatic ring is 1. The fourth-order valence-electron chi connectivity index (χ4n) is 2.02. The molecule has 1 atom stereocenters. The standard InChI is InChI=1S/C15H22BrFN2O/c1-3-5-6-10(4-2)9-19-15(20)11-7-14(18)13(17)8-12(11)16/h7-8,10H,3-6,9,18H2,1-2H3,(H,19,20). The largest absolute Gasteiger partial charge is 0.396 e. The van der Waals surface area contributed by atoms with E-state index in [0.29, 0.717) is 22.5 Å². The number of halogens is 2. The average Bonchev–Trinajstić information content (AvgIpc) is 2.42. The molecule has 0 aromatic heterocycles. The third kappa shape index (κ3) is 4.78. The van der Waals surface area contributed by atoms with E-state index in [1.54, 1.807) is 0 Å². The molecule has 112 valence electrons. The van der Waals surface area contributed by atoms with Crippen LogP contribution in [0.1, 0.15) is 49.9 Å². The fraction of sp³-hybridized carbons (Fsp3) is 0.533. The summed E-state index contributed by atoms with van der Waals surface area (Å²) in [7, 11) is 0. The van der Waals surface area contributed by atoms with Crippen LogP contribution in [0.2, 0.25) is 0 Å². The fourth-order valence-corrected chi connectivity index (χ4v) is 2.51. The third-order valence-corrected chi connectivity index (χ3v) is 4.08. The minimum Gasteiger partial charge on any atom is -0.396 e. The van der Waals surface area contributed by atoms with E-state index in [0.717, 1.165) is 19.3 Å². The molecule has 0 aliphatic carbocycles. The molecule has 0 saturated carbocycles. The molecule has 0 fully saturated rings. The van der Waals surface area contributed by atoms with Crippen LogP contribution in [-0.2, 0) is 0 Å². The van der Waals surface area contributed by atoms with E-state index in [9.17, 15) is 9.18 Å². The minimum atomic E-state index is -0.525. The summed E-state index contributed by atoms with van der Waals surface area (Å²) in [5.74, 6) is -0.267. The van der Waals surface area contributed by atoms with Crippen molar-refractivity contribution >= 4 is 27.5 Å². The maximum atomic E-state index is 13.2. The second-order valence-corrected chi connectivity index (χ2v) is 5.83. The highest BCUT2D eigenvalue weighted by Gasteiger charge is 2.14. The lowest BCUT2D eigenvalue weighted by molar-refractivity contribution is 0.0945. The van der Waals surface area contributed by atoms with E-state index in [1.165, 1.54) is 18.6 Å². The molecule has 0 bridgehead atoms. The zero-order valence-corrected chi connectivity index (χ0v) is 13.6. The molecule has 5 heteroatoms. The number of anilines is 1. The van der Waals surface area contributed by atoms with Gasteiger partial charge in [0.05, 0.1) is 11.3 Å². The SMILES string of the molecule is CCCCC(CC)CNC(=O)c1cc(N)c(F)cc1Br. The first-order valence-corrected chi connectivity index (χ1v) is 7.81. The molecule has 20 heavy (non-hydrogen) atoms. The second kappa shape index (κ2) is 8.25. The normalized spacial score (nSPS) is 12.2. The van der Waals surface area contributed by atoms with E-state index in [1.807, 2.05) is 0 Å². The number of carbonyl (C=O) groups excluding carboxylic acids is 1. The Morgan fingerprint density at radius 3 is 2.75 bits per heavy atom. The highest BCUT2D eigenvalue weighted by molar-refractivity contribution is 9.10. The van der Waals surface area contributed by atoms with Crippen LogP contribution in [0.5, 0.6) is 0 Å². The van der Waals surface area contributed by atoms with E-state index in [4.69, 9.17) is 5.73 Å². The number of unbranched alkanes of at least 4 members (excludes halogenated alkanes) is 1. The van der Waals surface area contributed by atoms with E-state index in [2.05, 4.69) is 35.1 Å². The van der Waals surface area contributed by atoms with Crippen molar-refractivity contribution in [3.63, 3.8) is 0 Å². The molecule has 0 saturated heterocycles. The number of nitrogens with two attached hydrogens (primary N) is 1. The van der Waals surface area contributed by atoms with Gasteiger partial charge in [-0.25, -0.2) is 4.39 Å². The van der Waals surface area contributed by atoms with Gasteiger partial charge in [0.25, 0.3) is 5.91 Å². The van der Waals surface area contributed by atoms with Gasteiger partial charge in [-0.1, -0.05) is 33.1 Å². The summed E-state index contributed by atoms with van der Waals surface area (Å²) in [5, 5.41) is 2.90. The summed E-state index contributed by atoms with van der Waals surface area (Å²) < 4.78 is 13.7. The van der Waals surface area contributed by atoms with Crippen LogP contribution in [0.15, 0.2) is 16.6 Å². The summed E-state index contributed by atoms with van der Waals surface area (Å²) in [6.45, 7) is 4.92. The van der Waals surface area contributed by atoms with Gasteiger partial charge in [0.2, 0.25) is 0 Å². The molecule has 3 N–H and O–H groups in total. The Morgan fingerprint density at radius 2 is 2.15 bits per heavy atom. The Morgan fingerprint density at radius 1 is 1.45 bits per heavy atom. The molecule has 0 heterocycles. The number of amides is 1. The van der Waals surface area contributed by atoms with Crippen LogP contribution >= 0.6 is 15.9 Å². The molecular formula is C15H22BrFN2O. The quantitative estimate of drug-likeness (QED) is 0.731. The van der Waals surface area contributed by atoms with Crippen molar-refractivity contribution in [1.29, 1.82) is 0 Å². The number of hydrogen-bond donors (Lipinski definition) is 2. The smallest absolute Gasteiger partial charge is 0.252 e. The van der Waals surface area contributed by atoms with E-state index >= 15 is 0 Å². The lowest BCUT2D eigenvalue weighted by atomic mass is 9.99. The summed E-state index contributed by atoms with van der Waals surface area (Å²) in [6, 6.07) is 2.58. The predicted molar refractivity (Wildman–Crippen MR) is 84.2 cm³/mol. The molecular weight excluding hydrogens is 323 g/mol. The molecule has 1 unspecified atom stereocenters. The molecule has 0 aliphatic heterocycles. The Labute approximate surface area is 128 Å². The number of benzene rings is 1. The molecule has 3 nitrogen and oxygen atoms in total. The first kappa shape index (κ1) is 17.0. The molecule has 1 rings (SSSR count). The van der Waals surface area contributed by atoms with Crippen molar-refractivity contribution in [3.8, 4) is 0 Å². The van der Waals surface area contributed by atoms with Gasteiger partial charge in [0.1, 0.15) is 5.82 Å². The monoisotopic (exact) mass is 344 g/mol. The van der Waals surface area contributed by atoms with Gasteiger partial charge in [-0.3, -0.25) is 4.79 Å². The Balaban J connectivity index is 2.65. The lowest BCUT2D eigenvalue weighted by Crippen LogP contribution is -2.29. The predicted octanol–water partition coefficient (Wildman–Crippen LogP) is 4.12. The van der Waals surface area contributed by atoms with Crippen LogP contribution in [0.3, 0.4) is 0 Å².